The second-order valence-electron chi connectivity index (χ2n) is 6.96. The van der Waals surface area contributed by atoms with E-state index in [4.69, 9.17) is 30.6 Å². The summed E-state index contributed by atoms with van der Waals surface area (Å²) in [5, 5.41) is 51.3. The molecule has 0 unspecified atom stereocenters. The highest BCUT2D eigenvalue weighted by Crippen LogP contribution is 2.05. The molecule has 0 saturated carbocycles. The van der Waals surface area contributed by atoms with Gasteiger partial charge in [-0.15, -0.1) is 0 Å². The van der Waals surface area contributed by atoms with E-state index in [9.17, 15) is 28.8 Å². The van der Waals surface area contributed by atoms with Gasteiger partial charge in [-0.3, -0.25) is 0 Å². The van der Waals surface area contributed by atoms with Crippen LogP contribution in [0.4, 0.5) is 0 Å². The predicted octanol–water partition coefficient (Wildman–Crippen LogP) is 0.544. The summed E-state index contributed by atoms with van der Waals surface area (Å²) in [4.78, 5) is 84.0. The maximum absolute atomic E-state index is 10.5. The molecule has 0 aromatic carbocycles. The SMILES string of the molecule is Cc1cnc(C(=O)O)c(C(=O)O)n1.Cc1cnc(C(=O)O)c(C(=O)O)n1.Cc1cnc(C(=O)O)c(C(=O)O)n1. The van der Waals surface area contributed by atoms with Crippen LogP contribution in [0.25, 0.3) is 0 Å². The van der Waals surface area contributed by atoms with Crippen LogP contribution in [-0.4, -0.2) is 96.4 Å². The minimum Gasteiger partial charge on any atom is -0.476 e. The van der Waals surface area contributed by atoms with Gasteiger partial charge in [-0.25, -0.2) is 58.7 Å². The highest BCUT2D eigenvalue weighted by Gasteiger charge is 2.20. The van der Waals surface area contributed by atoms with Gasteiger partial charge >= 0.3 is 35.8 Å². The van der Waals surface area contributed by atoms with Crippen molar-refractivity contribution in [1.82, 2.24) is 29.9 Å². The average molecular weight is 546 g/mol. The van der Waals surface area contributed by atoms with Crippen LogP contribution >= 0.6 is 0 Å². The van der Waals surface area contributed by atoms with Gasteiger partial charge in [-0.1, -0.05) is 0 Å². The van der Waals surface area contributed by atoms with Crippen molar-refractivity contribution in [2.24, 2.45) is 0 Å². The summed E-state index contributed by atoms with van der Waals surface area (Å²) in [5.74, 6) is -8.38. The van der Waals surface area contributed by atoms with E-state index in [0.29, 0.717) is 17.1 Å². The third-order valence-corrected chi connectivity index (χ3v) is 3.89. The number of aryl methyl sites for hydroxylation is 3. The Morgan fingerprint density at radius 2 is 0.590 bits per heavy atom. The van der Waals surface area contributed by atoms with E-state index in [2.05, 4.69) is 29.9 Å². The molecule has 3 rings (SSSR count). The number of carboxylic acid groups (broad SMARTS) is 6. The van der Waals surface area contributed by atoms with Gasteiger partial charge in [-0.2, -0.15) is 0 Å². The molecule has 0 aliphatic heterocycles. The molecule has 0 atom stereocenters. The number of hydrogen-bond acceptors (Lipinski definition) is 12. The van der Waals surface area contributed by atoms with Crippen molar-refractivity contribution in [3.63, 3.8) is 0 Å². The summed E-state index contributed by atoms with van der Waals surface area (Å²) in [6.45, 7) is 4.60. The number of nitrogens with zero attached hydrogens (tertiary/aromatic N) is 6. The van der Waals surface area contributed by atoms with Crippen molar-refractivity contribution in [2.45, 2.75) is 20.8 Å². The van der Waals surface area contributed by atoms with Crippen molar-refractivity contribution < 1.29 is 59.4 Å². The van der Waals surface area contributed by atoms with Crippen LogP contribution in [0.1, 0.15) is 80.0 Å². The first-order chi connectivity index (χ1) is 18.1. The number of carbonyl (C=O) groups is 6. The minimum atomic E-state index is -1.40. The van der Waals surface area contributed by atoms with Gasteiger partial charge in [0.1, 0.15) is 0 Å². The summed E-state index contributed by atoms with van der Waals surface area (Å²) < 4.78 is 0. The Morgan fingerprint density at radius 1 is 0.410 bits per heavy atom. The first kappa shape index (κ1) is 31.1. The molecule has 0 amide bonds. The lowest BCUT2D eigenvalue weighted by molar-refractivity contribution is 0.0640. The molecule has 3 heterocycles. The van der Waals surface area contributed by atoms with Crippen LogP contribution in [0, 0.1) is 20.8 Å². The third kappa shape index (κ3) is 8.90. The number of rotatable bonds is 6. The summed E-state index contributed by atoms with van der Waals surface area (Å²) in [7, 11) is 0. The molecule has 0 spiro atoms. The van der Waals surface area contributed by atoms with Crippen molar-refractivity contribution in [2.75, 3.05) is 0 Å². The monoisotopic (exact) mass is 546 g/mol. The minimum absolute atomic E-state index is 0.363. The van der Waals surface area contributed by atoms with Gasteiger partial charge in [0.25, 0.3) is 0 Å². The Labute approximate surface area is 216 Å². The Morgan fingerprint density at radius 3 is 0.744 bits per heavy atom. The fraction of sp³-hybridized carbons (Fsp3) is 0.143. The first-order valence-electron chi connectivity index (χ1n) is 9.97. The van der Waals surface area contributed by atoms with Gasteiger partial charge in [0.05, 0.1) is 17.1 Å². The molecule has 18 nitrogen and oxygen atoms in total. The van der Waals surface area contributed by atoms with Gasteiger partial charge < -0.3 is 30.6 Å². The molecule has 39 heavy (non-hydrogen) atoms. The summed E-state index contributed by atoms with van der Waals surface area (Å²) in [6, 6.07) is 0. The maximum atomic E-state index is 10.5. The van der Waals surface area contributed by atoms with Crippen molar-refractivity contribution in [1.29, 1.82) is 0 Å². The van der Waals surface area contributed by atoms with Crippen LogP contribution in [0.5, 0.6) is 0 Å². The highest BCUT2D eigenvalue weighted by molar-refractivity contribution is 5.99. The molecule has 0 bridgehead atoms. The van der Waals surface area contributed by atoms with E-state index in [1.165, 1.54) is 39.4 Å². The zero-order valence-electron chi connectivity index (χ0n) is 20.0. The van der Waals surface area contributed by atoms with Crippen LogP contribution in [0.2, 0.25) is 0 Å². The Hall–Kier alpha value is -5.94. The lowest BCUT2D eigenvalue weighted by Crippen LogP contribution is -2.13. The third-order valence-electron chi connectivity index (χ3n) is 3.89. The molecular formula is C21H18N6O12. The lowest BCUT2D eigenvalue weighted by Gasteiger charge is -1.99. The van der Waals surface area contributed by atoms with E-state index in [0.717, 1.165) is 0 Å². The quantitative estimate of drug-likeness (QED) is 0.246. The number of hydrogen-bond donors (Lipinski definition) is 6. The van der Waals surface area contributed by atoms with E-state index < -0.39 is 70.0 Å². The topological polar surface area (TPSA) is 301 Å². The van der Waals surface area contributed by atoms with Gasteiger partial charge in [-0.05, 0) is 20.8 Å². The standard InChI is InChI=1S/3C7H6N2O4/c3*1-3-2-8-4(6(10)11)5(9-3)7(12)13/h3*2H,1H3,(H,10,11)(H,12,13). The summed E-state index contributed by atoms with van der Waals surface area (Å²) >= 11 is 0. The van der Waals surface area contributed by atoms with Crippen LogP contribution in [0.3, 0.4) is 0 Å². The van der Waals surface area contributed by atoms with E-state index in [1.54, 1.807) is 0 Å². The highest BCUT2D eigenvalue weighted by atomic mass is 16.4. The number of carboxylic acids is 6. The number of aromatic nitrogens is 6. The fourth-order valence-corrected chi connectivity index (χ4v) is 2.35. The average Bonchev–Trinajstić information content (AvgIpc) is 2.84. The maximum Gasteiger partial charge on any atom is 0.357 e. The van der Waals surface area contributed by atoms with E-state index in [-0.39, 0.29) is 0 Å². The Balaban J connectivity index is 0.000000292. The molecule has 0 fully saturated rings. The number of aromatic carboxylic acids is 6. The molecular weight excluding hydrogens is 528 g/mol. The van der Waals surface area contributed by atoms with Crippen molar-refractivity contribution in [3.8, 4) is 0 Å². The molecule has 18 heteroatoms. The normalized spacial score (nSPS) is 9.62. The first-order valence-corrected chi connectivity index (χ1v) is 9.97. The lowest BCUT2D eigenvalue weighted by atomic mass is 10.3. The zero-order chi connectivity index (χ0) is 30.0. The molecule has 0 saturated heterocycles. The Kier molecular flexibility index (Phi) is 10.7. The molecule has 3 aromatic heterocycles. The second kappa shape index (κ2) is 13.4. The second-order valence-corrected chi connectivity index (χ2v) is 6.96. The van der Waals surface area contributed by atoms with Gasteiger partial charge in [0.15, 0.2) is 34.2 Å². The summed E-state index contributed by atoms with van der Waals surface area (Å²) in [6.07, 6.45) is 3.61. The molecule has 204 valence electrons. The van der Waals surface area contributed by atoms with Gasteiger partial charge in [0.2, 0.25) is 0 Å². The fourth-order valence-electron chi connectivity index (χ4n) is 2.35. The molecule has 0 aliphatic rings. The van der Waals surface area contributed by atoms with Gasteiger partial charge in [0, 0.05) is 18.6 Å². The van der Waals surface area contributed by atoms with Crippen LogP contribution in [0.15, 0.2) is 18.6 Å². The molecule has 0 aliphatic carbocycles. The van der Waals surface area contributed by atoms with E-state index in [1.807, 2.05) is 0 Å². The molecule has 6 N–H and O–H groups in total. The smallest absolute Gasteiger partial charge is 0.357 e. The Bertz CT molecular complexity index is 1300. The predicted molar refractivity (Wildman–Crippen MR) is 122 cm³/mol. The molecule has 0 radical (unpaired) electrons. The summed E-state index contributed by atoms with van der Waals surface area (Å²) in [5.41, 5.74) is -2.14. The van der Waals surface area contributed by atoms with Crippen molar-refractivity contribution in [3.05, 3.63) is 69.8 Å². The largest absolute Gasteiger partial charge is 0.476 e. The van der Waals surface area contributed by atoms with Crippen LogP contribution < -0.4 is 0 Å². The zero-order valence-corrected chi connectivity index (χ0v) is 20.0. The van der Waals surface area contributed by atoms with Crippen LogP contribution in [-0.2, 0) is 0 Å². The van der Waals surface area contributed by atoms with Crippen molar-refractivity contribution >= 4 is 35.8 Å². The van der Waals surface area contributed by atoms with E-state index >= 15 is 0 Å². The molecule has 3 aromatic rings.